The summed E-state index contributed by atoms with van der Waals surface area (Å²) in [6, 6.07) is 0. The maximum Gasteiger partial charge on any atom is 0.323 e. The lowest BCUT2D eigenvalue weighted by Crippen LogP contribution is -2.42. The molecule has 0 aromatic heterocycles. The zero-order valence-electron chi connectivity index (χ0n) is 12.6. The van der Waals surface area contributed by atoms with E-state index in [0.29, 0.717) is 12.3 Å². The van der Waals surface area contributed by atoms with E-state index in [1.165, 1.54) is 0 Å². The summed E-state index contributed by atoms with van der Waals surface area (Å²) in [5.41, 5.74) is -1.17. The van der Waals surface area contributed by atoms with Crippen molar-refractivity contribution < 1.29 is 19.1 Å². The summed E-state index contributed by atoms with van der Waals surface area (Å²) < 4.78 is 10.1. The van der Waals surface area contributed by atoms with Gasteiger partial charge in [0.1, 0.15) is 0 Å². The van der Waals surface area contributed by atoms with Gasteiger partial charge in [-0.2, -0.15) is 0 Å². The third-order valence-electron chi connectivity index (χ3n) is 3.61. The van der Waals surface area contributed by atoms with Gasteiger partial charge in [0.05, 0.1) is 13.2 Å². The lowest BCUT2D eigenvalue weighted by Gasteiger charge is -2.31. The van der Waals surface area contributed by atoms with E-state index in [1.54, 1.807) is 20.8 Å². The van der Waals surface area contributed by atoms with Crippen LogP contribution in [0.3, 0.4) is 0 Å². The highest BCUT2D eigenvalue weighted by molar-refractivity contribution is 5.99. The maximum absolute atomic E-state index is 12.1. The normalized spacial score (nSPS) is 16.1. The van der Waals surface area contributed by atoms with Crippen LogP contribution < -0.4 is 5.32 Å². The molecule has 1 N–H and O–H groups in total. The molecular weight excluding hydrogens is 282 g/mol. The van der Waals surface area contributed by atoms with Crippen LogP contribution >= 0.6 is 12.4 Å². The van der Waals surface area contributed by atoms with Gasteiger partial charge in [0.15, 0.2) is 5.41 Å². The number of carbonyl (C=O) groups excluding carboxylic acids is 2. The summed E-state index contributed by atoms with van der Waals surface area (Å²) in [6.45, 7) is 7.56. The number of piperidine rings is 1. The minimum atomic E-state index is -1.17. The Hall–Kier alpha value is -0.810. The second-order valence-corrected chi connectivity index (χ2v) is 5.17. The van der Waals surface area contributed by atoms with E-state index >= 15 is 0 Å². The number of carbonyl (C=O) groups is 2. The molecule has 1 aliphatic rings. The Labute approximate surface area is 127 Å². The van der Waals surface area contributed by atoms with Crippen LogP contribution in [0, 0.1) is 11.3 Å². The molecule has 0 spiro atoms. The molecule has 1 saturated heterocycles. The molecule has 0 atom stereocenters. The maximum atomic E-state index is 12.1. The molecule has 0 unspecified atom stereocenters. The molecule has 1 fully saturated rings. The summed E-state index contributed by atoms with van der Waals surface area (Å²) in [4.78, 5) is 24.2. The first-order valence-corrected chi connectivity index (χ1v) is 7.09. The highest BCUT2D eigenvalue weighted by atomic mass is 35.5. The van der Waals surface area contributed by atoms with E-state index in [1.807, 2.05) is 0 Å². The summed E-state index contributed by atoms with van der Waals surface area (Å²) in [5, 5.41) is 3.28. The molecule has 0 aromatic carbocycles. The fourth-order valence-corrected chi connectivity index (χ4v) is 2.49. The minimum absolute atomic E-state index is 0. The molecule has 5 nitrogen and oxygen atoms in total. The summed E-state index contributed by atoms with van der Waals surface area (Å²) >= 11 is 0. The largest absolute Gasteiger partial charge is 0.465 e. The van der Waals surface area contributed by atoms with Gasteiger partial charge in [-0.25, -0.2) is 0 Å². The van der Waals surface area contributed by atoms with Gasteiger partial charge in [0, 0.05) is 0 Å². The van der Waals surface area contributed by atoms with Crippen LogP contribution in [0.1, 0.15) is 40.0 Å². The highest BCUT2D eigenvalue weighted by Gasteiger charge is 2.45. The number of nitrogens with one attached hydrogen (secondary N) is 1. The molecule has 118 valence electrons. The third-order valence-corrected chi connectivity index (χ3v) is 3.61. The van der Waals surface area contributed by atoms with Crippen LogP contribution in [0.4, 0.5) is 0 Å². The zero-order valence-corrected chi connectivity index (χ0v) is 13.4. The van der Waals surface area contributed by atoms with Crippen molar-refractivity contribution in [1.29, 1.82) is 0 Å². The summed E-state index contributed by atoms with van der Waals surface area (Å²) in [7, 11) is 0. The smallest absolute Gasteiger partial charge is 0.323 e. The molecule has 20 heavy (non-hydrogen) atoms. The van der Waals surface area contributed by atoms with Crippen molar-refractivity contribution in [2.75, 3.05) is 26.3 Å². The quantitative estimate of drug-likeness (QED) is 0.600. The van der Waals surface area contributed by atoms with Crippen LogP contribution in [0.2, 0.25) is 0 Å². The van der Waals surface area contributed by atoms with E-state index < -0.39 is 17.4 Å². The predicted molar refractivity (Wildman–Crippen MR) is 78.8 cm³/mol. The van der Waals surface area contributed by atoms with Gasteiger partial charge < -0.3 is 14.8 Å². The molecule has 0 amide bonds. The van der Waals surface area contributed by atoms with Gasteiger partial charge in [-0.05, 0) is 59.0 Å². The zero-order chi connectivity index (χ0) is 14.3. The minimum Gasteiger partial charge on any atom is -0.465 e. The molecule has 0 aliphatic carbocycles. The average molecular weight is 308 g/mol. The first kappa shape index (κ1) is 19.2. The number of esters is 2. The molecule has 1 rings (SSSR count). The Bertz CT molecular complexity index is 298. The molecule has 0 saturated carbocycles. The Morgan fingerprint density at radius 2 is 1.55 bits per heavy atom. The van der Waals surface area contributed by atoms with Crippen molar-refractivity contribution in [1.82, 2.24) is 5.32 Å². The van der Waals surface area contributed by atoms with Crippen molar-refractivity contribution in [2.45, 2.75) is 40.0 Å². The molecule has 6 heteroatoms. The lowest BCUT2D eigenvalue weighted by atomic mass is 9.77. The summed E-state index contributed by atoms with van der Waals surface area (Å²) in [6.07, 6.45) is 2.47. The molecule has 0 radical (unpaired) electrons. The van der Waals surface area contributed by atoms with Crippen LogP contribution in [0.25, 0.3) is 0 Å². The van der Waals surface area contributed by atoms with Gasteiger partial charge in [0.2, 0.25) is 0 Å². The first-order valence-electron chi connectivity index (χ1n) is 7.09. The molecule has 0 aromatic rings. The van der Waals surface area contributed by atoms with Crippen molar-refractivity contribution in [2.24, 2.45) is 11.3 Å². The Kier molecular flexibility index (Phi) is 8.81. The summed E-state index contributed by atoms with van der Waals surface area (Å²) in [5.74, 6) is -0.570. The first-order chi connectivity index (χ1) is 9.04. The second-order valence-electron chi connectivity index (χ2n) is 5.17. The Balaban J connectivity index is 0.00000361. The van der Waals surface area contributed by atoms with E-state index in [2.05, 4.69) is 5.32 Å². The lowest BCUT2D eigenvalue weighted by molar-refractivity contribution is -0.172. The monoisotopic (exact) mass is 307 g/mol. The van der Waals surface area contributed by atoms with E-state index in [9.17, 15) is 9.59 Å². The molecule has 1 aliphatic heterocycles. The third kappa shape index (κ3) is 4.94. The van der Waals surface area contributed by atoms with Crippen LogP contribution in [0.5, 0.6) is 0 Å². The van der Waals surface area contributed by atoms with Crippen molar-refractivity contribution >= 4 is 24.3 Å². The SMILES string of the molecule is CCOC(=O)C(C)(CC1CCNCC1)C(=O)OCC.Cl. The number of ether oxygens (including phenoxy) is 2. The highest BCUT2D eigenvalue weighted by Crippen LogP contribution is 2.33. The number of hydrogen-bond donors (Lipinski definition) is 1. The van der Waals surface area contributed by atoms with Crippen molar-refractivity contribution in [3.63, 3.8) is 0 Å². The van der Waals surface area contributed by atoms with Gasteiger partial charge >= 0.3 is 11.9 Å². The average Bonchev–Trinajstić information content (AvgIpc) is 2.40. The topological polar surface area (TPSA) is 64.6 Å². The van der Waals surface area contributed by atoms with Gasteiger partial charge in [-0.3, -0.25) is 9.59 Å². The van der Waals surface area contributed by atoms with Crippen LogP contribution in [0.15, 0.2) is 0 Å². The van der Waals surface area contributed by atoms with Crippen LogP contribution in [-0.4, -0.2) is 38.2 Å². The molecule has 0 bridgehead atoms. The number of halogens is 1. The molecular formula is C14H26ClNO4. The standard InChI is InChI=1S/C14H25NO4.ClH/c1-4-18-12(16)14(3,13(17)19-5-2)10-11-6-8-15-9-7-11;/h11,15H,4-10H2,1-3H3;1H. The Morgan fingerprint density at radius 1 is 1.10 bits per heavy atom. The predicted octanol–water partition coefficient (Wildman–Crippen LogP) is 1.93. The Morgan fingerprint density at radius 3 is 1.95 bits per heavy atom. The van der Waals surface area contributed by atoms with Gasteiger partial charge in [0.25, 0.3) is 0 Å². The number of rotatable bonds is 6. The van der Waals surface area contributed by atoms with E-state index in [-0.39, 0.29) is 25.6 Å². The molecule has 1 heterocycles. The second kappa shape index (κ2) is 9.19. The number of hydrogen-bond acceptors (Lipinski definition) is 5. The fraction of sp³-hybridized carbons (Fsp3) is 0.857. The van der Waals surface area contributed by atoms with E-state index in [0.717, 1.165) is 25.9 Å². The van der Waals surface area contributed by atoms with Crippen LogP contribution in [-0.2, 0) is 19.1 Å². The van der Waals surface area contributed by atoms with Crippen molar-refractivity contribution in [3.05, 3.63) is 0 Å². The van der Waals surface area contributed by atoms with Gasteiger partial charge in [-0.15, -0.1) is 12.4 Å². The van der Waals surface area contributed by atoms with E-state index in [4.69, 9.17) is 9.47 Å². The van der Waals surface area contributed by atoms with Gasteiger partial charge in [-0.1, -0.05) is 0 Å². The fourth-order valence-electron chi connectivity index (χ4n) is 2.49. The van der Waals surface area contributed by atoms with Crippen molar-refractivity contribution in [3.8, 4) is 0 Å².